The third-order valence-electron chi connectivity index (χ3n) is 3.82. The quantitative estimate of drug-likeness (QED) is 0.792. The Kier molecular flexibility index (Phi) is 4.15. The average Bonchev–Trinajstić information content (AvgIpc) is 3.00. The molecule has 0 bridgehead atoms. The van der Waals surface area contributed by atoms with Gasteiger partial charge in [0.1, 0.15) is 5.82 Å². The van der Waals surface area contributed by atoms with E-state index in [1.807, 2.05) is 39.0 Å². The average molecular weight is 344 g/mol. The predicted octanol–water partition coefficient (Wildman–Crippen LogP) is 3.44. The third-order valence-corrected chi connectivity index (χ3v) is 4.37. The summed E-state index contributed by atoms with van der Waals surface area (Å²) in [5.74, 6) is 0.475. The van der Waals surface area contributed by atoms with Crippen LogP contribution in [0.4, 0.5) is 5.82 Å². The maximum Gasteiger partial charge on any atom is 0.256 e. The van der Waals surface area contributed by atoms with Crippen LogP contribution in [-0.2, 0) is 7.05 Å². The summed E-state index contributed by atoms with van der Waals surface area (Å²) in [6.45, 7) is 5.65. The summed E-state index contributed by atoms with van der Waals surface area (Å²) in [6.07, 6.45) is 0. The fourth-order valence-corrected chi connectivity index (χ4v) is 2.66. The van der Waals surface area contributed by atoms with Crippen molar-refractivity contribution in [2.24, 2.45) is 7.05 Å². The number of aryl methyl sites for hydroxylation is 3. The molecule has 0 aliphatic carbocycles. The number of nitrogens with one attached hydrogen (secondary N) is 1. The van der Waals surface area contributed by atoms with Gasteiger partial charge in [0.15, 0.2) is 0 Å². The van der Waals surface area contributed by atoms with Gasteiger partial charge < -0.3 is 5.32 Å². The van der Waals surface area contributed by atoms with E-state index in [2.05, 4.69) is 15.5 Å². The third kappa shape index (κ3) is 2.92. The van der Waals surface area contributed by atoms with E-state index in [0.717, 1.165) is 22.8 Å². The van der Waals surface area contributed by atoms with Crippen LogP contribution in [0.15, 0.2) is 30.3 Å². The van der Waals surface area contributed by atoms with Crippen molar-refractivity contribution >= 4 is 23.3 Å². The summed E-state index contributed by atoms with van der Waals surface area (Å²) in [6, 6.07) is 9.04. The van der Waals surface area contributed by atoms with Gasteiger partial charge in [-0.25, -0.2) is 4.68 Å². The standard InChI is InChI=1S/C17H18ClN5O/c1-10-9-15(22(4)20-10)19-17(24)13-5-7-14(8-6-13)23-12(3)16(18)11(2)21-23/h5-9H,1-4H3,(H,19,24). The fraction of sp³-hybridized carbons (Fsp3) is 0.235. The Hall–Kier alpha value is -2.60. The van der Waals surface area contributed by atoms with Crippen LogP contribution < -0.4 is 5.32 Å². The Morgan fingerprint density at radius 3 is 2.29 bits per heavy atom. The fourth-order valence-electron chi connectivity index (χ4n) is 2.55. The zero-order chi connectivity index (χ0) is 17.4. The molecular weight excluding hydrogens is 326 g/mol. The molecule has 0 saturated carbocycles. The molecular formula is C17H18ClN5O. The number of anilines is 1. The molecule has 1 N–H and O–H groups in total. The van der Waals surface area contributed by atoms with Gasteiger partial charge in [0, 0.05) is 18.7 Å². The van der Waals surface area contributed by atoms with E-state index in [1.54, 1.807) is 28.5 Å². The van der Waals surface area contributed by atoms with Gasteiger partial charge in [-0.05, 0) is 45.0 Å². The van der Waals surface area contributed by atoms with Crippen molar-refractivity contribution in [2.75, 3.05) is 5.32 Å². The minimum atomic E-state index is -0.184. The Morgan fingerprint density at radius 2 is 1.79 bits per heavy atom. The highest BCUT2D eigenvalue weighted by Crippen LogP contribution is 2.22. The molecule has 2 aromatic heterocycles. The highest BCUT2D eigenvalue weighted by atomic mass is 35.5. The zero-order valence-corrected chi connectivity index (χ0v) is 14.7. The molecule has 0 atom stereocenters. The molecule has 3 aromatic rings. The first-order valence-corrected chi connectivity index (χ1v) is 7.89. The normalized spacial score (nSPS) is 10.9. The molecule has 0 fully saturated rings. The second-order valence-electron chi connectivity index (χ2n) is 5.69. The number of benzene rings is 1. The van der Waals surface area contributed by atoms with Crippen molar-refractivity contribution in [2.45, 2.75) is 20.8 Å². The summed E-state index contributed by atoms with van der Waals surface area (Å²) in [7, 11) is 1.79. The van der Waals surface area contributed by atoms with Crippen molar-refractivity contribution in [3.63, 3.8) is 0 Å². The van der Waals surface area contributed by atoms with Crippen molar-refractivity contribution < 1.29 is 4.79 Å². The number of carbonyl (C=O) groups excluding carboxylic acids is 1. The minimum Gasteiger partial charge on any atom is -0.307 e. The second kappa shape index (κ2) is 6.13. The highest BCUT2D eigenvalue weighted by Gasteiger charge is 2.13. The van der Waals surface area contributed by atoms with Crippen molar-refractivity contribution in [1.82, 2.24) is 19.6 Å². The molecule has 0 aliphatic heterocycles. The summed E-state index contributed by atoms with van der Waals surface area (Å²) in [4.78, 5) is 12.4. The number of nitrogens with zero attached hydrogens (tertiary/aromatic N) is 4. The smallest absolute Gasteiger partial charge is 0.256 e. The molecule has 6 nitrogen and oxygen atoms in total. The van der Waals surface area contributed by atoms with E-state index in [0.29, 0.717) is 16.4 Å². The number of halogens is 1. The van der Waals surface area contributed by atoms with Gasteiger partial charge in [0.2, 0.25) is 0 Å². The number of amides is 1. The number of rotatable bonds is 3. The predicted molar refractivity (Wildman–Crippen MR) is 93.9 cm³/mol. The molecule has 0 saturated heterocycles. The van der Waals surface area contributed by atoms with Crippen LogP contribution in [0, 0.1) is 20.8 Å². The molecule has 124 valence electrons. The molecule has 0 radical (unpaired) electrons. The number of aromatic nitrogens is 4. The highest BCUT2D eigenvalue weighted by molar-refractivity contribution is 6.31. The van der Waals surface area contributed by atoms with Crippen molar-refractivity contribution in [3.8, 4) is 5.69 Å². The molecule has 3 rings (SSSR count). The lowest BCUT2D eigenvalue weighted by molar-refractivity contribution is 0.102. The van der Waals surface area contributed by atoms with Gasteiger partial charge in [0.05, 0.1) is 27.8 Å². The molecule has 1 amide bonds. The number of hydrogen-bond donors (Lipinski definition) is 1. The van der Waals surface area contributed by atoms with E-state index in [1.165, 1.54) is 0 Å². The van der Waals surface area contributed by atoms with E-state index in [9.17, 15) is 4.79 Å². The Morgan fingerprint density at radius 1 is 1.12 bits per heavy atom. The van der Waals surface area contributed by atoms with E-state index in [-0.39, 0.29) is 5.91 Å². The van der Waals surface area contributed by atoms with Crippen LogP contribution in [0.2, 0.25) is 5.02 Å². The lowest BCUT2D eigenvalue weighted by Gasteiger charge is -2.07. The van der Waals surface area contributed by atoms with Gasteiger partial charge >= 0.3 is 0 Å². The number of hydrogen-bond acceptors (Lipinski definition) is 3. The minimum absolute atomic E-state index is 0.184. The van der Waals surface area contributed by atoms with E-state index in [4.69, 9.17) is 11.6 Å². The van der Waals surface area contributed by atoms with Crippen LogP contribution in [0.25, 0.3) is 5.69 Å². The molecule has 24 heavy (non-hydrogen) atoms. The van der Waals surface area contributed by atoms with E-state index >= 15 is 0 Å². The van der Waals surface area contributed by atoms with Crippen LogP contribution >= 0.6 is 11.6 Å². The Labute approximate surface area is 145 Å². The maximum atomic E-state index is 12.4. The first-order chi connectivity index (χ1) is 11.4. The lowest BCUT2D eigenvalue weighted by atomic mass is 10.2. The molecule has 0 spiro atoms. The van der Waals surface area contributed by atoms with Gasteiger partial charge in [-0.1, -0.05) is 11.6 Å². The Balaban J connectivity index is 1.82. The molecule has 2 heterocycles. The first-order valence-electron chi connectivity index (χ1n) is 7.51. The second-order valence-corrected chi connectivity index (χ2v) is 6.07. The molecule has 7 heteroatoms. The van der Waals surface area contributed by atoms with Crippen LogP contribution in [-0.4, -0.2) is 25.5 Å². The van der Waals surface area contributed by atoms with Gasteiger partial charge in [-0.3, -0.25) is 9.48 Å². The zero-order valence-electron chi connectivity index (χ0n) is 14.0. The summed E-state index contributed by atoms with van der Waals surface area (Å²) >= 11 is 6.18. The molecule has 1 aromatic carbocycles. The van der Waals surface area contributed by atoms with Gasteiger partial charge in [-0.15, -0.1) is 0 Å². The van der Waals surface area contributed by atoms with E-state index < -0.39 is 0 Å². The monoisotopic (exact) mass is 343 g/mol. The Bertz CT molecular complexity index is 908. The molecule has 0 aliphatic rings. The summed E-state index contributed by atoms with van der Waals surface area (Å²) in [5.41, 5.74) is 3.92. The van der Waals surface area contributed by atoms with Gasteiger partial charge in [0.25, 0.3) is 5.91 Å². The SMILES string of the molecule is Cc1cc(NC(=O)c2ccc(-n3nc(C)c(Cl)c3C)cc2)n(C)n1. The summed E-state index contributed by atoms with van der Waals surface area (Å²) in [5, 5.41) is 12.1. The van der Waals surface area contributed by atoms with Crippen molar-refractivity contribution in [1.29, 1.82) is 0 Å². The largest absolute Gasteiger partial charge is 0.307 e. The number of carbonyl (C=O) groups is 1. The van der Waals surface area contributed by atoms with Crippen LogP contribution in [0.3, 0.4) is 0 Å². The molecule has 0 unspecified atom stereocenters. The topological polar surface area (TPSA) is 64.7 Å². The first kappa shape index (κ1) is 16.3. The maximum absolute atomic E-state index is 12.4. The van der Waals surface area contributed by atoms with Gasteiger partial charge in [-0.2, -0.15) is 10.2 Å². The van der Waals surface area contributed by atoms with Crippen LogP contribution in [0.1, 0.15) is 27.4 Å². The summed E-state index contributed by atoms with van der Waals surface area (Å²) < 4.78 is 3.41. The van der Waals surface area contributed by atoms with Crippen molar-refractivity contribution in [3.05, 3.63) is 58.0 Å². The van der Waals surface area contributed by atoms with Crippen LogP contribution in [0.5, 0.6) is 0 Å². The lowest BCUT2D eigenvalue weighted by Crippen LogP contribution is -2.14.